The Balaban J connectivity index is 1.54. The molecule has 0 aliphatic carbocycles. The summed E-state index contributed by atoms with van der Waals surface area (Å²) in [6.07, 6.45) is 1.27. The average molecular weight is 487 g/mol. The van der Waals surface area contributed by atoms with Gasteiger partial charge in [-0.3, -0.25) is 20.2 Å². The normalized spacial score (nSPS) is 11.0. The van der Waals surface area contributed by atoms with E-state index in [1.54, 1.807) is 13.0 Å². The number of thiazole rings is 1. The van der Waals surface area contributed by atoms with Crippen molar-refractivity contribution < 1.29 is 18.9 Å². The summed E-state index contributed by atoms with van der Waals surface area (Å²) in [6.45, 7) is 2.16. The zero-order valence-corrected chi connectivity index (χ0v) is 19.2. The number of anilines is 1. The third-order valence-corrected chi connectivity index (χ3v) is 5.57. The largest absolute Gasteiger partial charge is 0.494 e. The zero-order chi connectivity index (χ0) is 24.8. The zero-order valence-electron chi connectivity index (χ0n) is 18.4. The molecule has 174 valence electrons. The van der Waals surface area contributed by atoms with Crippen molar-refractivity contribution in [2.24, 2.45) is 0 Å². The second kappa shape index (κ2) is 10.5. The molecule has 2 heterocycles. The molecule has 0 bridgehead atoms. The number of carbonyl (C=O) groups is 1. The molecule has 0 saturated heterocycles. The molecule has 10 heteroatoms. The molecule has 2 aromatic carbocycles. The topological polar surface area (TPSA) is 131 Å². The molecule has 0 spiro atoms. The molecule has 1 N–H and O–H groups in total. The quantitative estimate of drug-likeness (QED) is 0.141. The number of amides is 1. The molecule has 0 atom stereocenters. The maximum atomic E-state index is 12.6. The van der Waals surface area contributed by atoms with Crippen molar-refractivity contribution in [3.8, 4) is 34.4 Å². The van der Waals surface area contributed by atoms with Gasteiger partial charge in [0.15, 0.2) is 5.13 Å². The van der Waals surface area contributed by atoms with Crippen molar-refractivity contribution in [3.05, 3.63) is 87.5 Å². The highest BCUT2D eigenvalue weighted by molar-refractivity contribution is 7.14. The Morgan fingerprint density at radius 3 is 2.77 bits per heavy atom. The fraction of sp³-hybridized carbons (Fsp3) is 0.0800. The lowest BCUT2D eigenvalue weighted by Gasteiger charge is -2.05. The van der Waals surface area contributed by atoms with Crippen molar-refractivity contribution in [1.29, 1.82) is 5.26 Å². The predicted molar refractivity (Wildman–Crippen MR) is 132 cm³/mol. The third kappa shape index (κ3) is 5.43. The van der Waals surface area contributed by atoms with E-state index in [2.05, 4.69) is 10.3 Å². The molecule has 0 aliphatic rings. The van der Waals surface area contributed by atoms with E-state index in [0.717, 1.165) is 5.56 Å². The Hall–Kier alpha value is -4.75. The minimum Gasteiger partial charge on any atom is -0.494 e. The number of aromatic nitrogens is 1. The van der Waals surface area contributed by atoms with Crippen LogP contribution in [0.15, 0.2) is 76.0 Å². The summed E-state index contributed by atoms with van der Waals surface area (Å²) < 4.78 is 11.0. The second-order valence-corrected chi connectivity index (χ2v) is 7.96. The molecule has 0 aliphatic heterocycles. The smallest absolute Gasteiger partial charge is 0.284 e. The number of rotatable bonds is 8. The molecule has 4 rings (SSSR count). The molecule has 2 aromatic heterocycles. The van der Waals surface area contributed by atoms with Crippen LogP contribution in [0.3, 0.4) is 0 Å². The monoisotopic (exact) mass is 486 g/mol. The first-order valence-electron chi connectivity index (χ1n) is 10.4. The maximum absolute atomic E-state index is 12.6. The minimum atomic E-state index is -0.647. The summed E-state index contributed by atoms with van der Waals surface area (Å²) in [5.41, 5.74) is 1.48. The molecule has 35 heavy (non-hydrogen) atoms. The first-order valence-corrected chi connectivity index (χ1v) is 11.3. The van der Waals surface area contributed by atoms with Gasteiger partial charge in [-0.05, 0) is 31.2 Å². The van der Waals surface area contributed by atoms with Crippen LogP contribution in [0, 0.1) is 21.4 Å². The Morgan fingerprint density at radius 1 is 1.26 bits per heavy atom. The van der Waals surface area contributed by atoms with E-state index in [4.69, 9.17) is 9.15 Å². The van der Waals surface area contributed by atoms with Crippen molar-refractivity contribution in [2.75, 3.05) is 11.9 Å². The van der Waals surface area contributed by atoms with Crippen LogP contribution in [0.25, 0.3) is 28.7 Å². The van der Waals surface area contributed by atoms with Gasteiger partial charge in [0.1, 0.15) is 28.9 Å². The second-order valence-electron chi connectivity index (χ2n) is 7.10. The predicted octanol–water partition coefficient (Wildman–Crippen LogP) is 5.92. The number of hydrogen-bond donors (Lipinski definition) is 1. The molecular weight excluding hydrogens is 468 g/mol. The minimum absolute atomic E-state index is 0.183. The molecule has 0 radical (unpaired) electrons. The van der Waals surface area contributed by atoms with Gasteiger partial charge in [-0.15, -0.1) is 11.3 Å². The Labute approximate surface area is 204 Å². The third-order valence-electron chi connectivity index (χ3n) is 4.82. The number of carbonyl (C=O) groups excluding carboxylic acids is 1. The van der Waals surface area contributed by atoms with Gasteiger partial charge in [-0.2, -0.15) is 5.26 Å². The Kier molecular flexibility index (Phi) is 6.99. The van der Waals surface area contributed by atoms with Crippen molar-refractivity contribution in [3.63, 3.8) is 0 Å². The molecule has 0 saturated carbocycles. The number of furan rings is 1. The highest BCUT2D eigenvalue weighted by atomic mass is 32.1. The van der Waals surface area contributed by atoms with Gasteiger partial charge in [0.25, 0.3) is 11.6 Å². The SMILES string of the molecule is CCOc1ccc(-c2ccc(/C=C(/C#N)C(=O)Nc3nc(-c4ccccc4)cs3)o2)c([N+](=O)[O-])c1. The molecule has 0 unspecified atom stereocenters. The molecule has 9 nitrogen and oxygen atoms in total. The lowest BCUT2D eigenvalue weighted by atomic mass is 10.1. The van der Waals surface area contributed by atoms with Crippen molar-refractivity contribution >= 4 is 34.1 Å². The number of nitro benzene ring substituents is 1. The van der Waals surface area contributed by atoms with Crippen molar-refractivity contribution in [2.45, 2.75) is 6.92 Å². The fourth-order valence-corrected chi connectivity index (χ4v) is 3.95. The number of nitrogens with one attached hydrogen (secondary N) is 1. The van der Waals surface area contributed by atoms with Crippen LogP contribution in [-0.4, -0.2) is 22.4 Å². The first kappa shape index (κ1) is 23.4. The number of ether oxygens (including phenoxy) is 1. The van der Waals surface area contributed by atoms with Crippen LogP contribution in [0.1, 0.15) is 12.7 Å². The number of nitrogens with zero attached hydrogens (tertiary/aromatic N) is 3. The van der Waals surface area contributed by atoms with E-state index in [9.17, 15) is 20.2 Å². The Bertz CT molecular complexity index is 1450. The van der Waals surface area contributed by atoms with Crippen molar-refractivity contribution in [1.82, 2.24) is 4.98 Å². The molecule has 0 fully saturated rings. The fourth-order valence-electron chi connectivity index (χ4n) is 3.23. The van der Waals surface area contributed by atoms with E-state index in [1.807, 2.05) is 41.8 Å². The summed E-state index contributed by atoms with van der Waals surface area (Å²) in [7, 11) is 0. The molecule has 4 aromatic rings. The summed E-state index contributed by atoms with van der Waals surface area (Å²) in [5, 5.41) is 25.8. The van der Waals surface area contributed by atoms with Crippen LogP contribution < -0.4 is 10.1 Å². The summed E-state index contributed by atoms with van der Waals surface area (Å²) in [5.74, 6) is 0.136. The lowest BCUT2D eigenvalue weighted by Crippen LogP contribution is -2.13. The van der Waals surface area contributed by atoms with Gasteiger partial charge in [0, 0.05) is 17.0 Å². The molecule has 1 amide bonds. The lowest BCUT2D eigenvalue weighted by molar-refractivity contribution is -0.384. The first-order chi connectivity index (χ1) is 17.0. The van der Waals surface area contributed by atoms with Crippen LogP contribution in [0.4, 0.5) is 10.8 Å². The van der Waals surface area contributed by atoms with E-state index >= 15 is 0 Å². The number of nitro groups is 1. The van der Waals surface area contributed by atoms with Crippen LogP contribution in [-0.2, 0) is 4.79 Å². The van der Waals surface area contributed by atoms with Gasteiger partial charge in [-0.25, -0.2) is 4.98 Å². The summed E-state index contributed by atoms with van der Waals surface area (Å²) in [4.78, 5) is 28.0. The highest BCUT2D eigenvalue weighted by Crippen LogP contribution is 2.34. The van der Waals surface area contributed by atoms with E-state index < -0.39 is 10.8 Å². The number of hydrogen-bond acceptors (Lipinski definition) is 8. The van der Waals surface area contributed by atoms with Gasteiger partial charge in [-0.1, -0.05) is 30.3 Å². The van der Waals surface area contributed by atoms with E-state index in [0.29, 0.717) is 23.2 Å². The standard InChI is InChI=1S/C25H18N4O5S/c1-2-33-18-8-10-20(22(13-18)29(31)32)23-11-9-19(34-23)12-17(14-26)24(30)28-25-27-21(15-35-25)16-6-4-3-5-7-16/h3-13,15H,2H2,1H3,(H,27,28,30)/b17-12-. The Morgan fingerprint density at radius 2 is 2.06 bits per heavy atom. The van der Waals surface area contributed by atoms with Crippen LogP contribution in [0.2, 0.25) is 0 Å². The van der Waals surface area contributed by atoms with Gasteiger partial charge < -0.3 is 9.15 Å². The van der Waals surface area contributed by atoms with Gasteiger partial charge >= 0.3 is 0 Å². The van der Waals surface area contributed by atoms with Gasteiger partial charge in [0.05, 0.1) is 28.9 Å². The average Bonchev–Trinajstić information content (AvgIpc) is 3.53. The van der Waals surface area contributed by atoms with Crippen LogP contribution in [0.5, 0.6) is 5.75 Å². The summed E-state index contributed by atoms with van der Waals surface area (Å²) in [6, 6.07) is 18.9. The number of nitriles is 1. The van der Waals surface area contributed by atoms with E-state index in [1.165, 1.54) is 41.7 Å². The summed E-state index contributed by atoms with van der Waals surface area (Å²) >= 11 is 1.24. The van der Waals surface area contributed by atoms with Gasteiger partial charge in [0.2, 0.25) is 0 Å². The van der Waals surface area contributed by atoms with Crippen LogP contribution >= 0.6 is 11.3 Å². The molecular formula is C25H18N4O5S. The maximum Gasteiger partial charge on any atom is 0.284 e. The van der Waals surface area contributed by atoms with E-state index in [-0.39, 0.29) is 28.3 Å². The number of benzene rings is 2. The highest BCUT2D eigenvalue weighted by Gasteiger charge is 2.20.